The van der Waals surface area contributed by atoms with Crippen LogP contribution >= 0.6 is 0 Å². The van der Waals surface area contributed by atoms with Crippen LogP contribution < -0.4 is 0 Å². The molecule has 0 aliphatic carbocycles. The summed E-state index contributed by atoms with van der Waals surface area (Å²) in [6, 6.07) is 5.53. The van der Waals surface area contributed by atoms with Gasteiger partial charge in [0.1, 0.15) is 11.4 Å². The number of ether oxygens (including phenoxy) is 1. The summed E-state index contributed by atoms with van der Waals surface area (Å²) in [4.78, 5) is 17.3. The number of rotatable bonds is 2. The van der Waals surface area contributed by atoms with Gasteiger partial charge in [-0.2, -0.15) is 0 Å². The van der Waals surface area contributed by atoms with Crippen LogP contribution in [0.1, 0.15) is 45.3 Å². The number of likely N-dealkylation sites (tertiary alicyclic amines) is 1. The van der Waals surface area contributed by atoms with Crippen LogP contribution in [-0.4, -0.2) is 40.3 Å². The van der Waals surface area contributed by atoms with Crippen LogP contribution in [0, 0.1) is 12.4 Å². The van der Waals surface area contributed by atoms with E-state index < -0.39 is 23.3 Å². The van der Waals surface area contributed by atoms with Crippen molar-refractivity contribution in [2.45, 2.75) is 50.9 Å². The zero-order valence-corrected chi connectivity index (χ0v) is 14.3. The average molecular weight is 334 g/mol. The fourth-order valence-electron chi connectivity index (χ4n) is 2.80. The number of halogens is 1. The molecule has 1 atom stereocenters. The maximum atomic E-state index is 13.0. The minimum absolute atomic E-state index is 0.342. The Labute approximate surface area is 141 Å². The molecule has 1 aromatic rings. The summed E-state index contributed by atoms with van der Waals surface area (Å²) in [5.41, 5.74) is -1.06. The fraction of sp³-hybridized carbons (Fsp3) is 0.556. The van der Waals surface area contributed by atoms with Gasteiger partial charge in [0.25, 0.3) is 5.54 Å². The number of piperidine rings is 1. The lowest BCUT2D eigenvalue weighted by Gasteiger charge is -2.37. The third kappa shape index (κ3) is 4.04. The van der Waals surface area contributed by atoms with Gasteiger partial charge in [0.2, 0.25) is 0 Å². The van der Waals surface area contributed by atoms with Crippen LogP contribution in [0.15, 0.2) is 24.3 Å². The van der Waals surface area contributed by atoms with Gasteiger partial charge < -0.3 is 19.6 Å². The van der Waals surface area contributed by atoms with Crippen molar-refractivity contribution in [3.8, 4) is 0 Å². The second-order valence-corrected chi connectivity index (χ2v) is 7.14. The molecule has 5 nitrogen and oxygen atoms in total. The average Bonchev–Trinajstić information content (AvgIpc) is 2.53. The quantitative estimate of drug-likeness (QED) is 0.842. The lowest BCUT2D eigenvalue weighted by atomic mass is 9.80. The molecule has 2 rings (SSSR count). The molecule has 0 aromatic heterocycles. The number of aliphatic hydroxyl groups is 1. The number of hydrogen-bond acceptors (Lipinski definition) is 3. The normalized spacial score (nSPS) is 18.6. The van der Waals surface area contributed by atoms with Gasteiger partial charge in [-0.15, -0.1) is 0 Å². The topological polar surface area (TPSA) is 54.1 Å². The molecule has 6 heteroatoms. The van der Waals surface area contributed by atoms with Crippen molar-refractivity contribution in [1.82, 2.24) is 4.90 Å². The first kappa shape index (κ1) is 18.2. The molecule has 1 aliphatic heterocycles. The van der Waals surface area contributed by atoms with E-state index in [0.29, 0.717) is 31.5 Å². The van der Waals surface area contributed by atoms with E-state index in [1.165, 1.54) is 24.3 Å². The molecule has 1 heterocycles. The van der Waals surface area contributed by atoms with E-state index in [1.54, 1.807) is 25.7 Å². The zero-order chi connectivity index (χ0) is 18.0. The fourth-order valence-corrected chi connectivity index (χ4v) is 2.80. The van der Waals surface area contributed by atoms with E-state index in [9.17, 15) is 14.3 Å². The molecule has 24 heavy (non-hydrogen) atoms. The van der Waals surface area contributed by atoms with Gasteiger partial charge in [-0.25, -0.2) is 15.8 Å². The van der Waals surface area contributed by atoms with Crippen LogP contribution in [0.25, 0.3) is 4.85 Å². The molecular weight excluding hydrogens is 311 g/mol. The first-order valence-corrected chi connectivity index (χ1v) is 7.97. The van der Waals surface area contributed by atoms with E-state index in [0.717, 1.165) is 0 Å². The lowest BCUT2D eigenvalue weighted by Crippen LogP contribution is -2.49. The van der Waals surface area contributed by atoms with Gasteiger partial charge in [-0.3, -0.25) is 0 Å². The Kier molecular flexibility index (Phi) is 5.14. The zero-order valence-electron chi connectivity index (χ0n) is 14.3. The van der Waals surface area contributed by atoms with Crippen molar-refractivity contribution in [1.29, 1.82) is 0 Å². The van der Waals surface area contributed by atoms with E-state index in [2.05, 4.69) is 4.85 Å². The second kappa shape index (κ2) is 6.78. The summed E-state index contributed by atoms with van der Waals surface area (Å²) in [6.45, 7) is 13.6. The Balaban J connectivity index is 2.07. The molecular formula is C18H23FN2O3. The van der Waals surface area contributed by atoms with Gasteiger partial charge >= 0.3 is 6.09 Å². The van der Waals surface area contributed by atoms with Gasteiger partial charge in [0, 0.05) is 25.9 Å². The minimum Gasteiger partial charge on any atom is -0.444 e. The molecule has 1 N–H and O–H groups in total. The molecule has 1 aromatic carbocycles. The molecule has 1 saturated heterocycles. The molecule has 1 fully saturated rings. The number of carbonyl (C=O) groups is 1. The van der Waals surface area contributed by atoms with Gasteiger partial charge in [0.05, 0.1) is 0 Å². The van der Waals surface area contributed by atoms with Gasteiger partial charge in [-0.05, 0) is 38.5 Å². The SMILES string of the molecule is [C-]#[N+]C1(C(O)c2ccc(F)cc2)CCN(C(=O)OC(C)(C)C)CC1. The number of amides is 1. The monoisotopic (exact) mass is 334 g/mol. The summed E-state index contributed by atoms with van der Waals surface area (Å²) in [7, 11) is 0. The molecule has 0 radical (unpaired) electrons. The summed E-state index contributed by atoms with van der Waals surface area (Å²) < 4.78 is 18.4. The van der Waals surface area contributed by atoms with E-state index in [4.69, 9.17) is 11.3 Å². The second-order valence-electron chi connectivity index (χ2n) is 7.14. The van der Waals surface area contributed by atoms with Crippen molar-refractivity contribution in [2.75, 3.05) is 13.1 Å². The number of carbonyl (C=O) groups excluding carboxylic acids is 1. The highest BCUT2D eigenvalue weighted by molar-refractivity contribution is 5.68. The lowest BCUT2D eigenvalue weighted by molar-refractivity contribution is 0.00737. The highest BCUT2D eigenvalue weighted by Crippen LogP contribution is 2.38. The first-order chi connectivity index (χ1) is 11.2. The Hall–Kier alpha value is -2.13. The molecule has 0 spiro atoms. The van der Waals surface area contributed by atoms with E-state index >= 15 is 0 Å². The van der Waals surface area contributed by atoms with Crippen LogP contribution in [-0.2, 0) is 4.74 Å². The van der Waals surface area contributed by atoms with Crippen LogP contribution in [0.4, 0.5) is 9.18 Å². The number of benzene rings is 1. The molecule has 1 unspecified atom stereocenters. The standard InChI is InChI=1S/C18H23FN2O3/c1-17(2,3)24-16(23)21-11-9-18(20-4,10-12-21)15(22)13-5-7-14(19)8-6-13/h5-8,15,22H,9-12H2,1-3H3. The first-order valence-electron chi connectivity index (χ1n) is 7.97. The summed E-state index contributed by atoms with van der Waals surface area (Å²) in [5, 5.41) is 10.6. The molecule has 130 valence electrons. The summed E-state index contributed by atoms with van der Waals surface area (Å²) in [6.07, 6.45) is -0.739. The number of nitrogens with zero attached hydrogens (tertiary/aromatic N) is 2. The molecule has 1 amide bonds. The van der Waals surface area contributed by atoms with Crippen LogP contribution in [0.5, 0.6) is 0 Å². The van der Waals surface area contributed by atoms with Crippen LogP contribution in [0.3, 0.4) is 0 Å². The van der Waals surface area contributed by atoms with E-state index in [-0.39, 0.29) is 5.82 Å². The highest BCUT2D eigenvalue weighted by atomic mass is 19.1. The van der Waals surface area contributed by atoms with E-state index in [1.807, 2.05) is 0 Å². The molecule has 0 bridgehead atoms. The van der Waals surface area contributed by atoms with Crippen molar-refractivity contribution >= 4 is 6.09 Å². The van der Waals surface area contributed by atoms with Gasteiger partial charge in [0.15, 0.2) is 6.10 Å². The molecule has 1 aliphatic rings. The maximum Gasteiger partial charge on any atom is 0.410 e. The predicted octanol–water partition coefficient (Wildman–Crippen LogP) is 3.55. The Bertz CT molecular complexity index is 623. The third-order valence-electron chi connectivity index (χ3n) is 4.20. The number of hydrogen-bond donors (Lipinski definition) is 1. The molecule has 0 saturated carbocycles. The van der Waals surface area contributed by atoms with Crippen LogP contribution in [0.2, 0.25) is 0 Å². The van der Waals surface area contributed by atoms with Crippen molar-refractivity contribution < 1.29 is 19.0 Å². The Morgan fingerprint density at radius 2 is 1.88 bits per heavy atom. The van der Waals surface area contributed by atoms with Crippen molar-refractivity contribution in [3.63, 3.8) is 0 Å². The van der Waals surface area contributed by atoms with Gasteiger partial charge in [-0.1, -0.05) is 12.1 Å². The largest absolute Gasteiger partial charge is 0.444 e. The van der Waals surface area contributed by atoms with Crippen molar-refractivity contribution in [2.24, 2.45) is 0 Å². The Morgan fingerprint density at radius 3 is 2.33 bits per heavy atom. The summed E-state index contributed by atoms with van der Waals surface area (Å²) in [5.74, 6) is -0.387. The predicted molar refractivity (Wildman–Crippen MR) is 87.7 cm³/mol. The minimum atomic E-state index is -1.02. The maximum absolute atomic E-state index is 13.0. The van der Waals surface area contributed by atoms with Crippen molar-refractivity contribution in [3.05, 3.63) is 47.1 Å². The summed E-state index contributed by atoms with van der Waals surface area (Å²) >= 11 is 0. The number of aliphatic hydroxyl groups excluding tert-OH is 1. The third-order valence-corrected chi connectivity index (χ3v) is 4.20. The highest BCUT2D eigenvalue weighted by Gasteiger charge is 2.49. The Morgan fingerprint density at radius 1 is 1.33 bits per heavy atom. The smallest absolute Gasteiger partial charge is 0.410 e.